The molecule has 1 heterocycles. The van der Waals surface area contributed by atoms with Crippen LogP contribution in [0.25, 0.3) is 10.9 Å². The molecular weight excluding hydrogens is 570 g/mol. The monoisotopic (exact) mass is 593 g/mol. The highest BCUT2D eigenvalue weighted by atomic mass is 79.9. The molecule has 180 valence electrons. The first kappa shape index (κ1) is 25.9. The van der Waals surface area contributed by atoms with Gasteiger partial charge in [0, 0.05) is 20.9 Å². The molecule has 0 saturated heterocycles. The van der Waals surface area contributed by atoms with E-state index in [2.05, 4.69) is 41.9 Å². The molecule has 0 saturated carbocycles. The Labute approximate surface area is 214 Å². The van der Waals surface area contributed by atoms with Gasteiger partial charge in [0.1, 0.15) is 5.82 Å². The highest BCUT2D eigenvalue weighted by molar-refractivity contribution is 9.10. The Morgan fingerprint density at radius 3 is 2.59 bits per heavy atom. The van der Waals surface area contributed by atoms with Gasteiger partial charge in [-0.1, -0.05) is 22.9 Å². The Morgan fingerprint density at radius 1 is 1.15 bits per heavy atom. The van der Waals surface area contributed by atoms with E-state index in [0.29, 0.717) is 51.3 Å². The number of fused-ring (bicyclic) bond motifs is 1. The molecule has 0 aliphatic carbocycles. The smallest absolute Gasteiger partial charge is 0.347 e. The van der Waals surface area contributed by atoms with Crippen LogP contribution in [-0.2, 0) is 16.0 Å². The third kappa shape index (κ3) is 5.85. The van der Waals surface area contributed by atoms with Crippen LogP contribution >= 0.6 is 31.9 Å². The third-order valence-electron chi connectivity index (χ3n) is 4.79. The Kier molecular flexibility index (Phi) is 8.84. The average Bonchev–Trinajstić information content (AvgIpc) is 2.81. The predicted molar refractivity (Wildman–Crippen MR) is 138 cm³/mol. The van der Waals surface area contributed by atoms with E-state index >= 15 is 0 Å². The van der Waals surface area contributed by atoms with Crippen LogP contribution in [0.2, 0.25) is 0 Å². The summed E-state index contributed by atoms with van der Waals surface area (Å²) >= 11 is 6.92. The van der Waals surface area contributed by atoms with Crippen molar-refractivity contribution in [3.63, 3.8) is 0 Å². The topological polar surface area (TPSA) is 92.0 Å². The highest BCUT2D eigenvalue weighted by Gasteiger charge is 2.19. The zero-order valence-corrected chi connectivity index (χ0v) is 22.5. The fourth-order valence-electron chi connectivity index (χ4n) is 3.17. The van der Waals surface area contributed by atoms with Crippen LogP contribution in [-0.4, -0.2) is 41.2 Å². The zero-order chi connectivity index (χ0) is 24.8. The first-order valence-electron chi connectivity index (χ1n) is 10.8. The van der Waals surface area contributed by atoms with Crippen LogP contribution in [0.5, 0.6) is 11.5 Å². The molecule has 0 unspecified atom stereocenters. The Morgan fingerprint density at radius 2 is 1.91 bits per heavy atom. The van der Waals surface area contributed by atoms with E-state index in [4.69, 9.17) is 14.2 Å². The van der Waals surface area contributed by atoms with Gasteiger partial charge < -0.3 is 14.2 Å². The molecule has 0 N–H and O–H groups in total. The van der Waals surface area contributed by atoms with Gasteiger partial charge in [-0.15, -0.1) is 0 Å². The number of esters is 1. The van der Waals surface area contributed by atoms with Gasteiger partial charge in [-0.2, -0.15) is 9.78 Å². The van der Waals surface area contributed by atoms with E-state index in [1.165, 1.54) is 4.68 Å². The predicted octanol–water partition coefficient (Wildman–Crippen LogP) is 5.10. The van der Waals surface area contributed by atoms with E-state index < -0.39 is 12.1 Å². The van der Waals surface area contributed by atoms with Crippen LogP contribution in [0.3, 0.4) is 0 Å². The van der Waals surface area contributed by atoms with Gasteiger partial charge in [0.05, 0.1) is 30.3 Å². The third-order valence-corrected chi connectivity index (χ3v) is 5.97. The lowest BCUT2D eigenvalue weighted by Crippen LogP contribution is -2.26. The summed E-state index contributed by atoms with van der Waals surface area (Å²) in [6.07, 6.45) is 1.28. The molecule has 3 rings (SSSR count). The number of aromatic nitrogens is 2. The quantitative estimate of drug-likeness (QED) is 0.253. The maximum absolute atomic E-state index is 13.1. The van der Waals surface area contributed by atoms with Crippen molar-refractivity contribution < 1.29 is 19.0 Å². The second-order valence-electron chi connectivity index (χ2n) is 7.17. The molecule has 0 spiro atoms. The standard InChI is InChI=1S/C24H25Br2N3O5/c1-5-22-28-19-9-8-16(25)11-17(19)23(30)29(22)27-13-15-10-20(32-6-2)21(12-18(15)26)34-14(4)24(31)33-7-3/h8-14H,5-7H2,1-4H3/t14-/m0/s1. The van der Waals surface area contributed by atoms with E-state index in [0.717, 1.165) is 4.47 Å². The molecule has 0 aliphatic rings. The summed E-state index contributed by atoms with van der Waals surface area (Å²) in [6, 6.07) is 8.80. The van der Waals surface area contributed by atoms with Crippen molar-refractivity contribution in [3.05, 3.63) is 61.0 Å². The molecule has 3 aromatic rings. The summed E-state index contributed by atoms with van der Waals surface area (Å²) in [6.45, 7) is 7.77. The van der Waals surface area contributed by atoms with Crippen LogP contribution in [0.4, 0.5) is 0 Å². The van der Waals surface area contributed by atoms with Crippen molar-refractivity contribution in [2.24, 2.45) is 5.10 Å². The van der Waals surface area contributed by atoms with Crippen LogP contribution in [0.1, 0.15) is 39.1 Å². The molecule has 0 bridgehead atoms. The van der Waals surface area contributed by atoms with E-state index in [1.54, 1.807) is 44.3 Å². The minimum atomic E-state index is -0.806. The number of aryl methyl sites for hydroxylation is 1. The second kappa shape index (κ2) is 11.6. The first-order valence-corrected chi connectivity index (χ1v) is 12.4. The molecule has 2 aromatic carbocycles. The average molecular weight is 595 g/mol. The maximum Gasteiger partial charge on any atom is 0.347 e. The van der Waals surface area contributed by atoms with Crippen molar-refractivity contribution in [1.29, 1.82) is 0 Å². The number of rotatable bonds is 9. The fraction of sp³-hybridized carbons (Fsp3) is 0.333. The molecule has 10 heteroatoms. The number of carbonyl (C=O) groups is 1. The van der Waals surface area contributed by atoms with Gasteiger partial charge >= 0.3 is 5.97 Å². The number of halogens is 2. The van der Waals surface area contributed by atoms with Gasteiger partial charge in [0.15, 0.2) is 17.6 Å². The van der Waals surface area contributed by atoms with E-state index in [1.807, 2.05) is 19.9 Å². The van der Waals surface area contributed by atoms with Crippen LogP contribution < -0.4 is 15.0 Å². The van der Waals surface area contributed by atoms with Crippen LogP contribution in [0.15, 0.2) is 49.2 Å². The molecular formula is C24H25Br2N3O5. The van der Waals surface area contributed by atoms with Gasteiger partial charge in [-0.3, -0.25) is 4.79 Å². The van der Waals surface area contributed by atoms with Gasteiger partial charge in [-0.05, 0) is 67.0 Å². The van der Waals surface area contributed by atoms with Crippen molar-refractivity contribution >= 4 is 54.9 Å². The normalized spacial score (nSPS) is 12.2. The lowest BCUT2D eigenvalue weighted by Gasteiger charge is -2.17. The first-order chi connectivity index (χ1) is 16.3. The summed E-state index contributed by atoms with van der Waals surface area (Å²) < 4.78 is 19.2. The Balaban J connectivity index is 2.01. The lowest BCUT2D eigenvalue weighted by atomic mass is 10.2. The molecule has 8 nitrogen and oxygen atoms in total. The molecule has 1 atom stereocenters. The fourth-order valence-corrected chi connectivity index (χ4v) is 3.96. The summed E-state index contributed by atoms with van der Waals surface area (Å²) in [7, 11) is 0. The van der Waals surface area contributed by atoms with Gasteiger partial charge in [-0.25, -0.2) is 9.78 Å². The van der Waals surface area contributed by atoms with E-state index in [-0.39, 0.29) is 12.2 Å². The van der Waals surface area contributed by atoms with Crippen molar-refractivity contribution in [2.45, 2.75) is 40.2 Å². The van der Waals surface area contributed by atoms with Gasteiger partial charge in [0.25, 0.3) is 5.56 Å². The summed E-state index contributed by atoms with van der Waals surface area (Å²) in [5, 5.41) is 4.90. The number of carbonyl (C=O) groups excluding carboxylic acids is 1. The molecule has 0 amide bonds. The largest absolute Gasteiger partial charge is 0.490 e. The number of hydrogen-bond donors (Lipinski definition) is 0. The van der Waals surface area contributed by atoms with Crippen LogP contribution in [0, 0.1) is 0 Å². The second-order valence-corrected chi connectivity index (χ2v) is 8.94. The SMILES string of the molecule is CCOC(=O)[C@H](C)Oc1cc(Br)c(C=Nn2c(CC)nc3ccc(Br)cc3c2=O)cc1OCC. The molecule has 0 fully saturated rings. The van der Waals surface area contributed by atoms with Crippen molar-refractivity contribution in [1.82, 2.24) is 9.66 Å². The number of ether oxygens (including phenoxy) is 3. The number of benzene rings is 2. The molecule has 1 aromatic heterocycles. The Hall–Kier alpha value is -2.72. The van der Waals surface area contributed by atoms with Gasteiger partial charge in [0.2, 0.25) is 0 Å². The van der Waals surface area contributed by atoms with Crippen molar-refractivity contribution in [2.75, 3.05) is 13.2 Å². The summed E-state index contributed by atoms with van der Waals surface area (Å²) in [4.78, 5) is 29.7. The number of hydrogen-bond acceptors (Lipinski definition) is 7. The van der Waals surface area contributed by atoms with Crippen molar-refractivity contribution in [3.8, 4) is 11.5 Å². The highest BCUT2D eigenvalue weighted by Crippen LogP contribution is 2.34. The minimum Gasteiger partial charge on any atom is -0.490 e. The number of nitrogens with zero attached hydrogens (tertiary/aromatic N) is 3. The molecule has 34 heavy (non-hydrogen) atoms. The summed E-state index contributed by atoms with van der Waals surface area (Å²) in [5.74, 6) is 0.899. The maximum atomic E-state index is 13.1. The van der Waals surface area contributed by atoms with E-state index in [9.17, 15) is 9.59 Å². The minimum absolute atomic E-state index is 0.260. The molecule has 0 radical (unpaired) electrons. The summed E-state index contributed by atoms with van der Waals surface area (Å²) in [5.41, 5.74) is 1.01. The zero-order valence-electron chi connectivity index (χ0n) is 19.3. The molecule has 0 aliphatic heterocycles. The lowest BCUT2D eigenvalue weighted by molar-refractivity contribution is -0.150. The Bertz CT molecular complexity index is 1290.